The first-order valence-corrected chi connectivity index (χ1v) is 6.27. The summed E-state index contributed by atoms with van der Waals surface area (Å²) in [6.45, 7) is 4.90. The molecule has 104 valence electrons. The van der Waals surface area contributed by atoms with Gasteiger partial charge in [0, 0.05) is 19.1 Å². The lowest BCUT2D eigenvalue weighted by molar-refractivity contribution is -0.140. The van der Waals surface area contributed by atoms with Gasteiger partial charge in [-0.2, -0.15) is 0 Å². The second-order valence-electron chi connectivity index (χ2n) is 5.36. The minimum absolute atomic E-state index is 0.126. The van der Waals surface area contributed by atoms with Crippen molar-refractivity contribution in [2.45, 2.75) is 32.4 Å². The lowest BCUT2D eigenvalue weighted by atomic mass is 10.1. The molecule has 18 heavy (non-hydrogen) atoms. The normalized spacial score (nSPS) is 21.4. The number of amides is 2. The van der Waals surface area contributed by atoms with E-state index in [9.17, 15) is 9.59 Å². The fourth-order valence-electron chi connectivity index (χ4n) is 2.09. The molecule has 1 saturated heterocycles. The zero-order valence-corrected chi connectivity index (χ0v) is 11.5. The van der Waals surface area contributed by atoms with Gasteiger partial charge in [0.15, 0.2) is 0 Å². The van der Waals surface area contributed by atoms with Crippen molar-refractivity contribution in [2.24, 2.45) is 5.92 Å². The summed E-state index contributed by atoms with van der Waals surface area (Å²) in [6, 6.07) is -0.741. The molecule has 6 heteroatoms. The van der Waals surface area contributed by atoms with E-state index in [4.69, 9.17) is 5.11 Å². The fourth-order valence-corrected chi connectivity index (χ4v) is 2.09. The minimum atomic E-state index is -0.985. The van der Waals surface area contributed by atoms with Gasteiger partial charge in [0.2, 0.25) is 0 Å². The number of nitrogens with one attached hydrogen (secondary N) is 1. The molecular formula is C12H23N3O3. The second-order valence-corrected chi connectivity index (χ2v) is 5.36. The van der Waals surface area contributed by atoms with Crippen molar-refractivity contribution >= 4 is 12.0 Å². The second kappa shape index (κ2) is 6.04. The first-order chi connectivity index (χ1) is 8.32. The van der Waals surface area contributed by atoms with E-state index < -0.39 is 12.0 Å². The summed E-state index contributed by atoms with van der Waals surface area (Å²) < 4.78 is 0. The number of carbonyl (C=O) groups is 2. The number of carboxylic acid groups (broad SMARTS) is 1. The van der Waals surface area contributed by atoms with Crippen LogP contribution in [0.25, 0.3) is 0 Å². The summed E-state index contributed by atoms with van der Waals surface area (Å²) in [5.74, 6) is -1.11. The predicted octanol–water partition coefficient (Wildman–Crippen LogP) is 0.441. The number of hydrogen-bond acceptors (Lipinski definition) is 3. The van der Waals surface area contributed by atoms with Gasteiger partial charge in [-0.3, -0.25) is 0 Å². The van der Waals surface area contributed by atoms with Gasteiger partial charge in [0.1, 0.15) is 6.04 Å². The smallest absolute Gasteiger partial charge is 0.326 e. The van der Waals surface area contributed by atoms with Crippen molar-refractivity contribution in [3.8, 4) is 0 Å². The van der Waals surface area contributed by atoms with E-state index in [-0.39, 0.29) is 11.9 Å². The van der Waals surface area contributed by atoms with Gasteiger partial charge >= 0.3 is 12.0 Å². The molecule has 0 aromatic rings. The van der Waals surface area contributed by atoms with Crippen molar-refractivity contribution < 1.29 is 14.7 Å². The topological polar surface area (TPSA) is 72.9 Å². The molecule has 1 heterocycles. The standard InChI is InChI=1S/C12H23N3O3/c1-8(2)10(11(16)17)13-12(18)15-6-5-9(7-15)14(3)4/h8-10H,5-7H2,1-4H3,(H,13,18)(H,16,17). The maximum absolute atomic E-state index is 12.0. The van der Waals surface area contributed by atoms with Crippen LogP contribution in [0.3, 0.4) is 0 Å². The van der Waals surface area contributed by atoms with Crippen molar-refractivity contribution in [3.05, 3.63) is 0 Å². The van der Waals surface area contributed by atoms with Crippen LogP contribution < -0.4 is 5.32 Å². The third-order valence-electron chi connectivity index (χ3n) is 3.39. The van der Waals surface area contributed by atoms with Crippen LogP contribution in [0.2, 0.25) is 0 Å². The monoisotopic (exact) mass is 257 g/mol. The molecule has 6 nitrogen and oxygen atoms in total. The van der Waals surface area contributed by atoms with E-state index in [1.807, 2.05) is 14.1 Å². The first-order valence-electron chi connectivity index (χ1n) is 6.27. The average molecular weight is 257 g/mol. The van der Waals surface area contributed by atoms with Crippen LogP contribution in [0, 0.1) is 5.92 Å². The van der Waals surface area contributed by atoms with Crippen molar-refractivity contribution in [1.29, 1.82) is 0 Å². The molecule has 0 aromatic heterocycles. The van der Waals surface area contributed by atoms with E-state index in [1.165, 1.54) is 0 Å². The molecule has 0 aliphatic carbocycles. The Labute approximate surface area is 108 Å². The zero-order chi connectivity index (χ0) is 13.9. The molecule has 2 atom stereocenters. The van der Waals surface area contributed by atoms with E-state index >= 15 is 0 Å². The summed E-state index contributed by atoms with van der Waals surface area (Å²) in [5.41, 5.74) is 0. The van der Waals surface area contributed by atoms with Crippen LogP contribution in [0.15, 0.2) is 0 Å². The highest BCUT2D eigenvalue weighted by molar-refractivity contribution is 5.82. The number of likely N-dealkylation sites (N-methyl/N-ethyl adjacent to an activating group) is 1. The third kappa shape index (κ3) is 3.60. The van der Waals surface area contributed by atoms with E-state index in [2.05, 4.69) is 10.2 Å². The van der Waals surface area contributed by atoms with E-state index in [0.29, 0.717) is 19.1 Å². The molecule has 1 aliphatic heterocycles. The maximum Gasteiger partial charge on any atom is 0.326 e. The molecule has 2 unspecified atom stereocenters. The van der Waals surface area contributed by atoms with Crippen molar-refractivity contribution in [2.75, 3.05) is 27.2 Å². The number of rotatable bonds is 4. The Kier molecular flexibility index (Phi) is 4.95. The number of carbonyl (C=O) groups excluding carboxylic acids is 1. The molecule has 2 N–H and O–H groups in total. The van der Waals surface area contributed by atoms with Crippen LogP contribution in [-0.2, 0) is 4.79 Å². The average Bonchev–Trinajstić information content (AvgIpc) is 2.73. The highest BCUT2D eigenvalue weighted by Gasteiger charge is 2.30. The van der Waals surface area contributed by atoms with Gasteiger partial charge in [-0.25, -0.2) is 9.59 Å². The number of urea groups is 1. The number of aliphatic carboxylic acids is 1. The molecule has 0 saturated carbocycles. The van der Waals surface area contributed by atoms with Gasteiger partial charge < -0.3 is 20.2 Å². The summed E-state index contributed by atoms with van der Waals surface area (Å²) in [5, 5.41) is 11.6. The summed E-state index contributed by atoms with van der Waals surface area (Å²) in [6.07, 6.45) is 0.930. The summed E-state index contributed by atoms with van der Waals surface area (Å²) in [4.78, 5) is 26.8. The third-order valence-corrected chi connectivity index (χ3v) is 3.39. The summed E-state index contributed by atoms with van der Waals surface area (Å²) in [7, 11) is 3.97. The molecule has 1 aliphatic rings. The van der Waals surface area contributed by atoms with Gasteiger partial charge in [-0.1, -0.05) is 13.8 Å². The molecular weight excluding hydrogens is 234 g/mol. The number of hydrogen-bond donors (Lipinski definition) is 2. The SMILES string of the molecule is CC(C)C(NC(=O)N1CCC(N(C)C)C1)C(=O)O. The fraction of sp³-hybridized carbons (Fsp3) is 0.833. The highest BCUT2D eigenvalue weighted by Crippen LogP contribution is 2.13. The van der Waals surface area contributed by atoms with Gasteiger partial charge in [0.05, 0.1) is 0 Å². The van der Waals surface area contributed by atoms with Crippen LogP contribution in [-0.4, -0.2) is 66.2 Å². The lowest BCUT2D eigenvalue weighted by Crippen LogP contribution is -2.50. The predicted molar refractivity (Wildman–Crippen MR) is 68.5 cm³/mol. The van der Waals surface area contributed by atoms with Crippen LogP contribution in [0.5, 0.6) is 0 Å². The van der Waals surface area contributed by atoms with Gasteiger partial charge in [-0.15, -0.1) is 0 Å². The Morgan fingerprint density at radius 3 is 2.39 bits per heavy atom. The van der Waals surface area contributed by atoms with Gasteiger partial charge in [-0.05, 0) is 26.4 Å². The number of carboxylic acids is 1. The Balaban J connectivity index is 2.53. The maximum atomic E-state index is 12.0. The minimum Gasteiger partial charge on any atom is -0.480 e. The highest BCUT2D eigenvalue weighted by atomic mass is 16.4. The molecule has 1 fully saturated rings. The molecule has 0 aromatic carbocycles. The molecule has 1 rings (SSSR count). The molecule has 0 radical (unpaired) electrons. The van der Waals surface area contributed by atoms with Crippen LogP contribution >= 0.6 is 0 Å². The van der Waals surface area contributed by atoms with E-state index in [0.717, 1.165) is 6.42 Å². The van der Waals surface area contributed by atoms with Gasteiger partial charge in [0.25, 0.3) is 0 Å². The van der Waals surface area contributed by atoms with Crippen molar-refractivity contribution in [1.82, 2.24) is 15.1 Å². The Morgan fingerprint density at radius 1 is 1.39 bits per heavy atom. The summed E-state index contributed by atoms with van der Waals surface area (Å²) >= 11 is 0. The quantitative estimate of drug-likeness (QED) is 0.766. The van der Waals surface area contributed by atoms with Crippen molar-refractivity contribution in [3.63, 3.8) is 0 Å². The zero-order valence-electron chi connectivity index (χ0n) is 11.5. The number of nitrogens with zero attached hydrogens (tertiary/aromatic N) is 2. The first kappa shape index (κ1) is 14.8. The molecule has 0 spiro atoms. The lowest BCUT2D eigenvalue weighted by Gasteiger charge is -2.24. The Hall–Kier alpha value is -1.30. The molecule has 2 amide bonds. The Morgan fingerprint density at radius 2 is 2.00 bits per heavy atom. The molecule has 0 bridgehead atoms. The Bertz CT molecular complexity index is 318. The largest absolute Gasteiger partial charge is 0.480 e. The number of likely N-dealkylation sites (tertiary alicyclic amines) is 1. The van der Waals surface area contributed by atoms with E-state index in [1.54, 1.807) is 18.7 Å². The van der Waals surface area contributed by atoms with Crippen LogP contribution in [0.4, 0.5) is 4.79 Å². The van der Waals surface area contributed by atoms with Crippen LogP contribution in [0.1, 0.15) is 20.3 Å².